The van der Waals surface area contributed by atoms with Crippen molar-refractivity contribution in [3.8, 4) is 0 Å². The molecule has 5 heteroatoms. The second kappa shape index (κ2) is 5.65. The molecule has 1 aliphatic carbocycles. The molecule has 1 N–H and O–H groups in total. The average Bonchev–Trinajstić information content (AvgIpc) is 2.99. The average molecular weight is 267 g/mol. The zero-order chi connectivity index (χ0) is 12.4. The first-order valence-electron chi connectivity index (χ1n) is 6.80. The molecule has 2 aliphatic rings. The number of rotatable bonds is 4. The number of ether oxygens (including phenoxy) is 1. The third kappa shape index (κ3) is 2.59. The first kappa shape index (κ1) is 12.5. The van der Waals surface area contributed by atoms with Gasteiger partial charge in [0.2, 0.25) is 0 Å². The first-order chi connectivity index (χ1) is 8.86. The van der Waals surface area contributed by atoms with Gasteiger partial charge in [-0.3, -0.25) is 4.90 Å². The number of aromatic nitrogens is 1. The van der Waals surface area contributed by atoms with E-state index in [1.807, 2.05) is 7.05 Å². The fourth-order valence-corrected chi connectivity index (χ4v) is 3.86. The summed E-state index contributed by atoms with van der Waals surface area (Å²) < 4.78 is 5.84. The van der Waals surface area contributed by atoms with Crippen molar-refractivity contribution in [2.75, 3.05) is 20.2 Å². The Kier molecular flexibility index (Phi) is 3.94. The predicted molar refractivity (Wildman–Crippen MR) is 72.7 cm³/mol. The minimum Gasteiger partial charge on any atom is -0.375 e. The number of thiazole rings is 1. The monoisotopic (exact) mass is 267 g/mol. The molecule has 3 rings (SSSR count). The van der Waals surface area contributed by atoms with E-state index >= 15 is 0 Å². The second-order valence-electron chi connectivity index (χ2n) is 5.14. The Bertz CT molecular complexity index is 395. The van der Waals surface area contributed by atoms with Crippen molar-refractivity contribution >= 4 is 11.3 Å². The van der Waals surface area contributed by atoms with E-state index < -0.39 is 0 Å². The van der Waals surface area contributed by atoms with Crippen LogP contribution in [0.3, 0.4) is 0 Å². The third-order valence-corrected chi connectivity index (χ3v) is 4.79. The van der Waals surface area contributed by atoms with E-state index in [1.165, 1.54) is 30.0 Å². The molecular weight excluding hydrogens is 246 g/mol. The molecule has 0 bridgehead atoms. The van der Waals surface area contributed by atoms with E-state index in [4.69, 9.17) is 4.74 Å². The predicted octanol–water partition coefficient (Wildman–Crippen LogP) is 1.62. The van der Waals surface area contributed by atoms with Crippen molar-refractivity contribution in [1.82, 2.24) is 15.2 Å². The van der Waals surface area contributed by atoms with Crippen molar-refractivity contribution in [3.05, 3.63) is 16.1 Å². The molecule has 2 unspecified atom stereocenters. The fourth-order valence-electron chi connectivity index (χ4n) is 3.06. The molecule has 18 heavy (non-hydrogen) atoms. The Morgan fingerprint density at radius 1 is 1.56 bits per heavy atom. The van der Waals surface area contributed by atoms with Crippen LogP contribution in [0.25, 0.3) is 0 Å². The van der Waals surface area contributed by atoms with Gasteiger partial charge in [0.15, 0.2) is 0 Å². The summed E-state index contributed by atoms with van der Waals surface area (Å²) in [6.07, 6.45) is 4.32. The van der Waals surface area contributed by atoms with Gasteiger partial charge in [-0.2, -0.15) is 0 Å². The lowest BCUT2D eigenvalue weighted by molar-refractivity contribution is -0.0591. The number of nitrogens with zero attached hydrogens (tertiary/aromatic N) is 2. The van der Waals surface area contributed by atoms with Gasteiger partial charge in [0.05, 0.1) is 18.4 Å². The highest BCUT2D eigenvalue weighted by Gasteiger charge is 2.35. The molecule has 0 spiro atoms. The maximum Gasteiger partial charge on any atom is 0.107 e. The summed E-state index contributed by atoms with van der Waals surface area (Å²) >= 11 is 1.76. The van der Waals surface area contributed by atoms with Crippen LogP contribution in [0, 0.1) is 0 Å². The summed E-state index contributed by atoms with van der Waals surface area (Å²) in [6, 6.07) is 0.633. The maximum atomic E-state index is 5.84. The Morgan fingerprint density at radius 3 is 3.39 bits per heavy atom. The topological polar surface area (TPSA) is 37.4 Å². The van der Waals surface area contributed by atoms with Gasteiger partial charge >= 0.3 is 0 Å². The molecule has 4 nitrogen and oxygen atoms in total. The van der Waals surface area contributed by atoms with Crippen LogP contribution in [-0.2, 0) is 17.8 Å². The van der Waals surface area contributed by atoms with Crippen LogP contribution in [0.15, 0.2) is 5.38 Å². The van der Waals surface area contributed by atoms with Crippen LogP contribution in [0.1, 0.15) is 30.0 Å². The van der Waals surface area contributed by atoms with Crippen LogP contribution < -0.4 is 5.32 Å². The Hall–Kier alpha value is -0.490. The lowest BCUT2D eigenvalue weighted by Crippen LogP contribution is -2.47. The van der Waals surface area contributed by atoms with E-state index in [-0.39, 0.29) is 0 Å². The number of morpholine rings is 1. The van der Waals surface area contributed by atoms with Gasteiger partial charge in [-0.1, -0.05) is 0 Å². The molecule has 1 aliphatic heterocycles. The normalized spacial score (nSPS) is 28.5. The largest absolute Gasteiger partial charge is 0.375 e. The highest BCUT2D eigenvalue weighted by atomic mass is 32.1. The standard InChI is InChI=1S/C13H21N3OS/c1-14-7-13-15-10(9-18-13)8-16-5-6-17-12-4-2-3-11(12)16/h9,11-12,14H,2-8H2,1H3. The Morgan fingerprint density at radius 2 is 2.50 bits per heavy atom. The zero-order valence-corrected chi connectivity index (χ0v) is 11.7. The quantitative estimate of drug-likeness (QED) is 0.899. The molecule has 2 heterocycles. The van der Waals surface area contributed by atoms with Crippen molar-refractivity contribution < 1.29 is 4.74 Å². The van der Waals surface area contributed by atoms with E-state index in [0.29, 0.717) is 12.1 Å². The number of hydrogen-bond donors (Lipinski definition) is 1. The second-order valence-corrected chi connectivity index (χ2v) is 6.08. The first-order valence-corrected chi connectivity index (χ1v) is 7.68. The van der Waals surface area contributed by atoms with Crippen LogP contribution in [0.2, 0.25) is 0 Å². The third-order valence-electron chi connectivity index (χ3n) is 3.89. The van der Waals surface area contributed by atoms with Gasteiger partial charge < -0.3 is 10.1 Å². The molecule has 0 amide bonds. The highest BCUT2D eigenvalue weighted by molar-refractivity contribution is 7.09. The maximum absolute atomic E-state index is 5.84. The number of hydrogen-bond acceptors (Lipinski definition) is 5. The van der Waals surface area contributed by atoms with E-state index in [0.717, 1.165) is 26.2 Å². The molecule has 1 aromatic rings. The van der Waals surface area contributed by atoms with Crippen LogP contribution in [-0.4, -0.2) is 42.2 Å². The van der Waals surface area contributed by atoms with Crippen molar-refractivity contribution in [2.24, 2.45) is 0 Å². The van der Waals surface area contributed by atoms with Gasteiger partial charge in [0, 0.05) is 31.1 Å². The summed E-state index contributed by atoms with van der Waals surface area (Å²) in [7, 11) is 1.96. The van der Waals surface area contributed by atoms with Gasteiger partial charge in [-0.25, -0.2) is 4.98 Å². The molecule has 2 fully saturated rings. The molecule has 2 atom stereocenters. The number of fused-ring (bicyclic) bond motifs is 1. The number of nitrogens with one attached hydrogen (secondary N) is 1. The van der Waals surface area contributed by atoms with Gasteiger partial charge in [0.25, 0.3) is 0 Å². The van der Waals surface area contributed by atoms with E-state index in [1.54, 1.807) is 11.3 Å². The molecule has 100 valence electrons. The molecule has 0 radical (unpaired) electrons. The summed E-state index contributed by atoms with van der Waals surface area (Å²) in [5, 5.41) is 6.54. The van der Waals surface area contributed by atoms with Crippen molar-refractivity contribution in [3.63, 3.8) is 0 Å². The lowest BCUT2D eigenvalue weighted by atomic mass is 10.1. The van der Waals surface area contributed by atoms with Crippen LogP contribution in [0.5, 0.6) is 0 Å². The fraction of sp³-hybridized carbons (Fsp3) is 0.769. The molecule has 1 aromatic heterocycles. The summed E-state index contributed by atoms with van der Waals surface area (Å²) in [5.41, 5.74) is 1.22. The zero-order valence-electron chi connectivity index (χ0n) is 10.9. The lowest BCUT2D eigenvalue weighted by Gasteiger charge is -2.37. The molecular formula is C13H21N3OS. The van der Waals surface area contributed by atoms with E-state index in [9.17, 15) is 0 Å². The molecule has 1 saturated carbocycles. The molecule has 0 aromatic carbocycles. The molecule has 1 saturated heterocycles. The SMILES string of the molecule is CNCc1nc(CN2CCOC3CCCC32)cs1. The van der Waals surface area contributed by atoms with Crippen LogP contribution in [0.4, 0.5) is 0 Å². The van der Waals surface area contributed by atoms with E-state index in [2.05, 4.69) is 20.6 Å². The van der Waals surface area contributed by atoms with Gasteiger partial charge in [-0.05, 0) is 26.3 Å². The van der Waals surface area contributed by atoms with Crippen LogP contribution >= 0.6 is 11.3 Å². The van der Waals surface area contributed by atoms with Gasteiger partial charge in [0.1, 0.15) is 5.01 Å². The minimum absolute atomic E-state index is 0.481. The summed E-state index contributed by atoms with van der Waals surface area (Å²) in [4.78, 5) is 7.25. The summed E-state index contributed by atoms with van der Waals surface area (Å²) in [6.45, 7) is 3.80. The smallest absolute Gasteiger partial charge is 0.107 e. The van der Waals surface area contributed by atoms with Crippen molar-refractivity contribution in [2.45, 2.75) is 44.5 Å². The Balaban J connectivity index is 1.63. The highest BCUT2D eigenvalue weighted by Crippen LogP contribution is 2.30. The van der Waals surface area contributed by atoms with Gasteiger partial charge in [-0.15, -0.1) is 11.3 Å². The van der Waals surface area contributed by atoms with Crippen molar-refractivity contribution in [1.29, 1.82) is 0 Å². The minimum atomic E-state index is 0.481. The summed E-state index contributed by atoms with van der Waals surface area (Å²) in [5.74, 6) is 0. The Labute approximate surface area is 112 Å².